The van der Waals surface area contributed by atoms with Gasteiger partial charge < -0.3 is 10.1 Å². The van der Waals surface area contributed by atoms with E-state index >= 15 is 0 Å². The monoisotopic (exact) mass is 259 g/mol. The molecule has 0 spiro atoms. The number of ether oxygens (including phenoxy) is 1. The molecule has 1 unspecified atom stereocenters. The molecule has 19 heavy (non-hydrogen) atoms. The third-order valence-corrected chi connectivity index (χ3v) is 4.75. The average molecular weight is 259 g/mol. The summed E-state index contributed by atoms with van der Waals surface area (Å²) < 4.78 is 6.02. The van der Waals surface area contributed by atoms with Crippen LogP contribution < -0.4 is 10.1 Å². The van der Waals surface area contributed by atoms with Crippen molar-refractivity contribution in [3.8, 4) is 5.75 Å². The summed E-state index contributed by atoms with van der Waals surface area (Å²) in [6, 6.07) is 7.20. The summed E-state index contributed by atoms with van der Waals surface area (Å²) in [5.41, 5.74) is 2.94. The van der Waals surface area contributed by atoms with Gasteiger partial charge in [0.15, 0.2) is 0 Å². The number of benzene rings is 1. The lowest BCUT2D eigenvalue weighted by Gasteiger charge is -2.21. The first-order valence-electron chi connectivity index (χ1n) is 7.79. The summed E-state index contributed by atoms with van der Waals surface area (Å²) in [5, 5.41) is 3.38. The van der Waals surface area contributed by atoms with Crippen LogP contribution in [-0.4, -0.2) is 13.7 Å². The molecule has 1 N–H and O–H groups in total. The molecule has 2 aliphatic carbocycles. The fraction of sp³-hybridized carbons (Fsp3) is 0.647. The van der Waals surface area contributed by atoms with Crippen LogP contribution in [0.15, 0.2) is 18.2 Å². The average Bonchev–Trinajstić information content (AvgIpc) is 2.88. The lowest BCUT2D eigenvalue weighted by atomic mass is 9.90. The van der Waals surface area contributed by atoms with Gasteiger partial charge in [0.2, 0.25) is 0 Å². The minimum Gasteiger partial charge on any atom is -0.493 e. The van der Waals surface area contributed by atoms with Gasteiger partial charge in [0.25, 0.3) is 0 Å². The summed E-state index contributed by atoms with van der Waals surface area (Å²) in [5.74, 6) is 1.85. The van der Waals surface area contributed by atoms with Crippen LogP contribution in [-0.2, 0) is 6.42 Å². The zero-order chi connectivity index (χ0) is 13.1. The Hall–Kier alpha value is -1.02. The minimum atomic E-state index is 0.544. The molecular formula is C17H25NO. The van der Waals surface area contributed by atoms with Crippen LogP contribution in [0, 0.1) is 5.92 Å². The highest BCUT2D eigenvalue weighted by atomic mass is 16.5. The molecule has 0 bridgehead atoms. The van der Waals surface area contributed by atoms with Crippen molar-refractivity contribution in [1.82, 2.24) is 5.32 Å². The molecule has 1 saturated carbocycles. The third-order valence-electron chi connectivity index (χ3n) is 4.75. The molecule has 1 atom stereocenters. The van der Waals surface area contributed by atoms with Crippen molar-refractivity contribution in [2.24, 2.45) is 5.92 Å². The molecule has 0 heterocycles. The maximum atomic E-state index is 6.02. The maximum absolute atomic E-state index is 6.02. The van der Waals surface area contributed by atoms with Gasteiger partial charge in [-0.2, -0.15) is 0 Å². The standard InChI is InChI=1S/C17H25NO/c1-18-17-10-7-14-11-15(8-9-16(14)17)19-12-13-5-3-2-4-6-13/h8-9,11,13,17-18H,2-7,10,12H2,1H3. The van der Waals surface area contributed by atoms with Crippen molar-refractivity contribution in [2.45, 2.75) is 51.0 Å². The van der Waals surface area contributed by atoms with Crippen LogP contribution in [0.2, 0.25) is 0 Å². The van der Waals surface area contributed by atoms with Gasteiger partial charge in [-0.1, -0.05) is 25.3 Å². The topological polar surface area (TPSA) is 21.3 Å². The van der Waals surface area contributed by atoms with Crippen molar-refractivity contribution >= 4 is 0 Å². The quantitative estimate of drug-likeness (QED) is 0.886. The van der Waals surface area contributed by atoms with Crippen molar-refractivity contribution in [3.63, 3.8) is 0 Å². The molecule has 0 aromatic heterocycles. The number of fused-ring (bicyclic) bond motifs is 1. The van der Waals surface area contributed by atoms with Gasteiger partial charge >= 0.3 is 0 Å². The molecule has 1 aromatic carbocycles. The van der Waals surface area contributed by atoms with Crippen molar-refractivity contribution < 1.29 is 4.74 Å². The molecule has 1 fully saturated rings. The normalized spacial score (nSPS) is 23.3. The second kappa shape index (κ2) is 5.96. The van der Waals surface area contributed by atoms with Crippen LogP contribution in [0.3, 0.4) is 0 Å². The zero-order valence-electron chi connectivity index (χ0n) is 12.0. The van der Waals surface area contributed by atoms with Gasteiger partial charge in [-0.15, -0.1) is 0 Å². The Kier molecular flexibility index (Phi) is 4.07. The van der Waals surface area contributed by atoms with Gasteiger partial charge in [-0.3, -0.25) is 0 Å². The molecule has 0 aliphatic heterocycles. The first-order chi connectivity index (χ1) is 9.36. The Morgan fingerprint density at radius 2 is 2.00 bits per heavy atom. The van der Waals surface area contributed by atoms with Crippen LogP contribution in [0.1, 0.15) is 55.7 Å². The maximum Gasteiger partial charge on any atom is 0.119 e. The predicted molar refractivity (Wildman–Crippen MR) is 78.6 cm³/mol. The van der Waals surface area contributed by atoms with E-state index in [1.807, 2.05) is 7.05 Å². The molecule has 2 heteroatoms. The third kappa shape index (κ3) is 2.94. The molecular weight excluding hydrogens is 234 g/mol. The zero-order valence-corrected chi connectivity index (χ0v) is 12.0. The van der Waals surface area contributed by atoms with Crippen molar-refractivity contribution in [2.75, 3.05) is 13.7 Å². The number of aryl methyl sites for hydroxylation is 1. The second-order valence-electron chi connectivity index (χ2n) is 6.06. The van der Waals surface area contributed by atoms with E-state index in [0.29, 0.717) is 6.04 Å². The van der Waals surface area contributed by atoms with Crippen molar-refractivity contribution in [3.05, 3.63) is 29.3 Å². The first-order valence-corrected chi connectivity index (χ1v) is 7.79. The summed E-state index contributed by atoms with van der Waals surface area (Å²) in [4.78, 5) is 0. The molecule has 0 amide bonds. The van der Waals surface area contributed by atoms with Crippen molar-refractivity contribution in [1.29, 1.82) is 0 Å². The lowest BCUT2D eigenvalue weighted by Crippen LogP contribution is -2.15. The highest BCUT2D eigenvalue weighted by molar-refractivity contribution is 5.40. The second-order valence-corrected chi connectivity index (χ2v) is 6.06. The van der Waals surface area contributed by atoms with Gasteiger partial charge in [-0.25, -0.2) is 0 Å². The van der Waals surface area contributed by atoms with Gasteiger partial charge in [-0.05, 0) is 61.9 Å². The number of rotatable bonds is 4. The van der Waals surface area contributed by atoms with Gasteiger partial charge in [0.05, 0.1) is 6.61 Å². The summed E-state index contributed by atoms with van der Waals surface area (Å²) in [6.07, 6.45) is 9.31. The Balaban J connectivity index is 1.60. The number of hydrogen-bond acceptors (Lipinski definition) is 2. The van der Waals surface area contributed by atoms with E-state index in [0.717, 1.165) is 18.3 Å². The van der Waals surface area contributed by atoms with E-state index in [4.69, 9.17) is 4.74 Å². The Morgan fingerprint density at radius 3 is 2.79 bits per heavy atom. The summed E-state index contributed by atoms with van der Waals surface area (Å²) in [6.45, 7) is 0.911. The summed E-state index contributed by atoms with van der Waals surface area (Å²) in [7, 11) is 2.05. The number of nitrogens with one attached hydrogen (secondary N) is 1. The molecule has 0 saturated heterocycles. The first kappa shape index (κ1) is 13.0. The molecule has 3 rings (SSSR count). The van der Waals surface area contributed by atoms with Crippen LogP contribution in [0.4, 0.5) is 0 Å². The van der Waals surface area contributed by atoms with E-state index in [-0.39, 0.29) is 0 Å². The van der Waals surface area contributed by atoms with E-state index in [9.17, 15) is 0 Å². The highest BCUT2D eigenvalue weighted by Gasteiger charge is 2.21. The lowest BCUT2D eigenvalue weighted by molar-refractivity contribution is 0.208. The van der Waals surface area contributed by atoms with Gasteiger partial charge in [0.1, 0.15) is 5.75 Å². The predicted octanol–water partition coefficient (Wildman–Crippen LogP) is 3.85. The highest BCUT2D eigenvalue weighted by Crippen LogP contribution is 2.33. The smallest absolute Gasteiger partial charge is 0.119 e. The van der Waals surface area contributed by atoms with E-state index in [2.05, 4.69) is 23.5 Å². The summed E-state index contributed by atoms with van der Waals surface area (Å²) >= 11 is 0. The molecule has 104 valence electrons. The Bertz CT molecular complexity index is 423. The van der Waals surface area contributed by atoms with Crippen LogP contribution >= 0.6 is 0 Å². The molecule has 0 radical (unpaired) electrons. The number of hydrogen-bond donors (Lipinski definition) is 1. The molecule has 2 aliphatic rings. The minimum absolute atomic E-state index is 0.544. The van der Waals surface area contributed by atoms with Gasteiger partial charge in [0, 0.05) is 6.04 Å². The van der Waals surface area contributed by atoms with E-state index in [1.54, 1.807) is 0 Å². The Morgan fingerprint density at radius 1 is 1.16 bits per heavy atom. The van der Waals surface area contributed by atoms with Crippen LogP contribution in [0.5, 0.6) is 5.75 Å². The molecule has 1 aromatic rings. The van der Waals surface area contributed by atoms with E-state index in [1.165, 1.54) is 56.1 Å². The fourth-order valence-corrected chi connectivity index (χ4v) is 3.55. The van der Waals surface area contributed by atoms with Crippen LogP contribution in [0.25, 0.3) is 0 Å². The fourth-order valence-electron chi connectivity index (χ4n) is 3.55. The molecule has 2 nitrogen and oxygen atoms in total. The van der Waals surface area contributed by atoms with E-state index < -0.39 is 0 Å². The SMILES string of the molecule is CNC1CCc2cc(OCC3CCCCC3)ccc21. The largest absolute Gasteiger partial charge is 0.493 e. The Labute approximate surface area is 116 Å².